The van der Waals surface area contributed by atoms with Gasteiger partial charge in [-0.2, -0.15) is 13.2 Å². The molecule has 1 fully saturated rings. The Morgan fingerprint density at radius 2 is 2.06 bits per heavy atom. The number of carbonyl (C=O) groups excluding carboxylic acids is 1. The molecule has 2 aromatic rings. The maximum absolute atomic E-state index is 14.6. The van der Waals surface area contributed by atoms with E-state index in [1.807, 2.05) is 0 Å². The summed E-state index contributed by atoms with van der Waals surface area (Å²) in [6.07, 6.45) is -4.24. The molecule has 174 valence electrons. The Hall–Kier alpha value is -2.73. The lowest BCUT2D eigenvalue weighted by atomic mass is 9.96. The van der Waals surface area contributed by atoms with Crippen molar-refractivity contribution in [2.45, 2.75) is 18.3 Å². The molecule has 0 spiro atoms. The van der Waals surface area contributed by atoms with E-state index in [9.17, 15) is 26.7 Å². The van der Waals surface area contributed by atoms with E-state index in [-0.39, 0.29) is 36.2 Å². The van der Waals surface area contributed by atoms with Gasteiger partial charge in [0.05, 0.1) is 11.6 Å². The average molecular weight is 481 g/mol. The van der Waals surface area contributed by atoms with E-state index in [4.69, 9.17) is 20.8 Å². The van der Waals surface area contributed by atoms with Gasteiger partial charge in [0.1, 0.15) is 11.6 Å². The zero-order valence-electron chi connectivity index (χ0n) is 16.5. The zero-order chi connectivity index (χ0) is 23.5. The van der Waals surface area contributed by atoms with Gasteiger partial charge in [-0.15, -0.1) is 10.2 Å². The molecule has 13 heteroatoms. The smallest absolute Gasteiger partial charge is 0.401 e. The lowest BCUT2D eigenvalue weighted by Gasteiger charge is -2.42. The van der Waals surface area contributed by atoms with Crippen molar-refractivity contribution in [3.63, 3.8) is 0 Å². The van der Waals surface area contributed by atoms with Gasteiger partial charge in [-0.1, -0.05) is 18.2 Å². The number of likely N-dealkylation sites (tertiary alicyclic amines) is 1. The third-order valence-corrected chi connectivity index (χ3v) is 4.78. The molecule has 1 aliphatic rings. The summed E-state index contributed by atoms with van der Waals surface area (Å²) in [6, 6.07) is 3.76. The first-order valence-corrected chi connectivity index (χ1v) is 9.68. The van der Waals surface area contributed by atoms with E-state index in [2.05, 4.69) is 22.1 Å². The van der Waals surface area contributed by atoms with Crippen LogP contribution in [0.25, 0.3) is 5.57 Å². The van der Waals surface area contributed by atoms with Crippen molar-refractivity contribution in [2.75, 3.05) is 32.8 Å². The molecule has 0 unspecified atom stereocenters. The van der Waals surface area contributed by atoms with Crippen LogP contribution in [0.15, 0.2) is 29.2 Å². The number of hydrogen-bond acceptors (Lipinski definition) is 6. The van der Waals surface area contributed by atoms with Crippen LogP contribution in [0.2, 0.25) is 5.02 Å². The summed E-state index contributed by atoms with van der Waals surface area (Å²) >= 11 is 5.56. The molecule has 32 heavy (non-hydrogen) atoms. The number of amides is 1. The lowest BCUT2D eigenvalue weighted by molar-refractivity contribution is -0.176. The minimum atomic E-state index is -4.42. The Kier molecular flexibility index (Phi) is 7.03. The van der Waals surface area contributed by atoms with Crippen molar-refractivity contribution in [2.24, 2.45) is 0 Å². The Labute approximate surface area is 184 Å². The molecule has 7 nitrogen and oxygen atoms in total. The molecule has 2 heterocycles. The highest BCUT2D eigenvalue weighted by Crippen LogP contribution is 2.37. The summed E-state index contributed by atoms with van der Waals surface area (Å²) in [5, 5.41) is 9.72. The van der Waals surface area contributed by atoms with Gasteiger partial charge in [-0.05, 0) is 18.6 Å². The van der Waals surface area contributed by atoms with Crippen molar-refractivity contribution in [1.29, 1.82) is 0 Å². The van der Waals surface area contributed by atoms with Crippen LogP contribution in [-0.4, -0.2) is 60.0 Å². The summed E-state index contributed by atoms with van der Waals surface area (Å²) < 4.78 is 75.4. The third kappa shape index (κ3) is 6.16. The SMILES string of the molecule is C=C(CCNC(=O)COc1ccc(Cl)c(F)c1)c1nnc(C2(F)CN(CC(F)(F)F)C2)o1. The fraction of sp³-hybridized carbons (Fsp3) is 0.421. The average Bonchev–Trinajstić information content (AvgIpc) is 3.17. The predicted octanol–water partition coefficient (Wildman–Crippen LogP) is 3.50. The second-order valence-electron chi connectivity index (χ2n) is 7.21. The van der Waals surface area contributed by atoms with Gasteiger partial charge in [0, 0.05) is 31.3 Å². The second-order valence-corrected chi connectivity index (χ2v) is 7.61. The van der Waals surface area contributed by atoms with Crippen LogP contribution in [0.5, 0.6) is 5.75 Å². The van der Waals surface area contributed by atoms with Crippen molar-refractivity contribution in [3.05, 3.63) is 47.4 Å². The fourth-order valence-corrected chi connectivity index (χ4v) is 3.05. The molecule has 1 saturated heterocycles. The number of aromatic nitrogens is 2. The van der Waals surface area contributed by atoms with Gasteiger partial charge < -0.3 is 14.5 Å². The summed E-state index contributed by atoms with van der Waals surface area (Å²) in [6.45, 7) is 1.25. The number of halogens is 6. The molecule has 0 bridgehead atoms. The highest BCUT2D eigenvalue weighted by molar-refractivity contribution is 6.30. The summed E-state index contributed by atoms with van der Waals surface area (Å²) in [5.41, 5.74) is -1.84. The molecule has 1 aromatic heterocycles. The Bertz CT molecular complexity index is 992. The molecule has 1 amide bonds. The van der Waals surface area contributed by atoms with Crippen LogP contribution in [-0.2, 0) is 10.5 Å². The molecule has 1 N–H and O–H groups in total. The van der Waals surface area contributed by atoms with Crippen LogP contribution in [0.4, 0.5) is 22.0 Å². The van der Waals surface area contributed by atoms with Crippen LogP contribution in [0, 0.1) is 5.82 Å². The molecule has 0 saturated carbocycles. The number of benzene rings is 1. The largest absolute Gasteiger partial charge is 0.484 e. The van der Waals surface area contributed by atoms with Gasteiger partial charge in [0.25, 0.3) is 11.8 Å². The number of nitrogens with one attached hydrogen (secondary N) is 1. The number of ether oxygens (including phenoxy) is 1. The number of alkyl halides is 4. The topological polar surface area (TPSA) is 80.5 Å². The van der Waals surface area contributed by atoms with E-state index < -0.39 is 49.1 Å². The third-order valence-electron chi connectivity index (χ3n) is 4.47. The minimum absolute atomic E-state index is 0.0703. The second kappa shape index (κ2) is 9.41. The van der Waals surface area contributed by atoms with Crippen LogP contribution < -0.4 is 10.1 Å². The molecule has 1 aromatic carbocycles. The first-order chi connectivity index (χ1) is 14.9. The zero-order valence-corrected chi connectivity index (χ0v) is 17.3. The molecule has 0 radical (unpaired) electrons. The van der Waals surface area contributed by atoms with Gasteiger partial charge in [0.15, 0.2) is 6.61 Å². The molecule has 3 rings (SSSR count). The van der Waals surface area contributed by atoms with Gasteiger partial charge >= 0.3 is 6.18 Å². The molecular weight excluding hydrogens is 463 g/mol. The first-order valence-electron chi connectivity index (χ1n) is 9.30. The normalized spacial score (nSPS) is 15.8. The van der Waals surface area contributed by atoms with Crippen molar-refractivity contribution >= 4 is 23.1 Å². The number of nitrogens with zero attached hydrogens (tertiary/aromatic N) is 3. The van der Waals surface area contributed by atoms with Crippen molar-refractivity contribution in [1.82, 2.24) is 20.4 Å². The van der Waals surface area contributed by atoms with Crippen molar-refractivity contribution < 1.29 is 35.9 Å². The highest BCUT2D eigenvalue weighted by atomic mass is 35.5. The quantitative estimate of drug-likeness (QED) is 0.553. The standard InChI is InChI=1S/C19H18ClF5N4O3/c1-11(4-5-26-15(30)7-31-12-2-3-13(20)14(21)6-12)16-27-28-17(32-16)18(22)8-29(9-18)10-19(23,24)25/h2-3,6H,1,4-5,7-10H2,(H,26,30). The van der Waals surface area contributed by atoms with E-state index in [1.54, 1.807) is 0 Å². The van der Waals surface area contributed by atoms with E-state index >= 15 is 0 Å². The monoisotopic (exact) mass is 480 g/mol. The molecular formula is C19H18ClF5N4O3. The predicted molar refractivity (Wildman–Crippen MR) is 103 cm³/mol. The Morgan fingerprint density at radius 1 is 1.34 bits per heavy atom. The van der Waals surface area contributed by atoms with Crippen LogP contribution in [0.3, 0.4) is 0 Å². The fourth-order valence-electron chi connectivity index (χ4n) is 2.94. The Morgan fingerprint density at radius 3 is 2.72 bits per heavy atom. The Balaban J connectivity index is 1.40. The number of rotatable bonds is 9. The van der Waals surface area contributed by atoms with Gasteiger partial charge in [-0.3, -0.25) is 9.69 Å². The lowest BCUT2D eigenvalue weighted by Crippen LogP contribution is -2.59. The summed E-state index contributed by atoms with van der Waals surface area (Å²) in [4.78, 5) is 12.7. The van der Waals surface area contributed by atoms with Gasteiger partial charge in [-0.25, -0.2) is 8.78 Å². The first kappa shape index (κ1) is 23.9. The van der Waals surface area contributed by atoms with E-state index in [1.165, 1.54) is 12.1 Å². The van der Waals surface area contributed by atoms with E-state index in [0.717, 1.165) is 11.0 Å². The van der Waals surface area contributed by atoms with Crippen molar-refractivity contribution in [3.8, 4) is 5.75 Å². The molecule has 0 aliphatic carbocycles. The van der Waals surface area contributed by atoms with Crippen LogP contribution in [0.1, 0.15) is 18.2 Å². The highest BCUT2D eigenvalue weighted by Gasteiger charge is 2.52. The number of carbonyl (C=O) groups is 1. The van der Waals surface area contributed by atoms with E-state index in [0.29, 0.717) is 5.57 Å². The number of hydrogen-bond donors (Lipinski definition) is 1. The van der Waals surface area contributed by atoms with Gasteiger partial charge in [0.2, 0.25) is 11.6 Å². The minimum Gasteiger partial charge on any atom is -0.484 e. The van der Waals surface area contributed by atoms with Crippen LogP contribution >= 0.6 is 11.6 Å². The maximum atomic E-state index is 14.6. The summed E-state index contributed by atoms with van der Waals surface area (Å²) in [7, 11) is 0. The molecule has 1 aliphatic heterocycles. The molecule has 0 atom stereocenters. The maximum Gasteiger partial charge on any atom is 0.401 e. The summed E-state index contributed by atoms with van der Waals surface area (Å²) in [5.74, 6) is -1.52.